The highest BCUT2D eigenvalue weighted by Gasteiger charge is 2.16. The van der Waals surface area contributed by atoms with Gasteiger partial charge in [-0.1, -0.05) is 70.5 Å². The molecule has 0 spiro atoms. The number of nitrogens with one attached hydrogen (secondary N) is 1. The van der Waals surface area contributed by atoms with Crippen LogP contribution < -0.4 is 10.1 Å². The molecule has 1 N–H and O–H groups in total. The SMILES string of the molecule is CNCCC(Oc1ccc(CCOC(=O)CCCC[C@@H]2CCSS2)cc1)c1ccccc1. The van der Waals surface area contributed by atoms with Crippen LogP contribution >= 0.6 is 21.6 Å². The van der Waals surface area contributed by atoms with E-state index in [-0.39, 0.29) is 12.1 Å². The third-order valence-corrected chi connectivity index (χ3v) is 8.57. The van der Waals surface area contributed by atoms with E-state index in [4.69, 9.17) is 9.47 Å². The van der Waals surface area contributed by atoms with Crippen LogP contribution in [0, 0.1) is 0 Å². The molecule has 1 fully saturated rings. The van der Waals surface area contributed by atoms with Crippen LogP contribution in [0.15, 0.2) is 54.6 Å². The molecule has 0 amide bonds. The highest BCUT2D eigenvalue weighted by Crippen LogP contribution is 2.39. The fourth-order valence-electron chi connectivity index (χ4n) is 3.70. The largest absolute Gasteiger partial charge is 0.486 e. The molecule has 0 aromatic heterocycles. The molecule has 0 saturated carbocycles. The number of hydrogen-bond donors (Lipinski definition) is 1. The van der Waals surface area contributed by atoms with Crippen molar-refractivity contribution in [1.29, 1.82) is 0 Å². The molecule has 0 aliphatic carbocycles. The van der Waals surface area contributed by atoms with E-state index in [0.717, 1.165) is 48.8 Å². The topological polar surface area (TPSA) is 47.6 Å². The lowest BCUT2D eigenvalue weighted by molar-refractivity contribution is -0.143. The fourth-order valence-corrected chi connectivity index (χ4v) is 6.72. The standard InChI is InChI=1S/C26H35NO3S2/c1-27-18-15-25(22-7-3-2-4-8-22)30-23-13-11-21(12-14-23)16-19-29-26(28)10-6-5-9-24-17-20-31-32-24/h2-4,7-8,11-14,24-25,27H,5-6,9-10,15-20H2,1H3/t24-,25?/m1/s1. The number of hydrogen-bond acceptors (Lipinski definition) is 6. The zero-order valence-corrected chi connectivity index (χ0v) is 20.6. The summed E-state index contributed by atoms with van der Waals surface area (Å²) in [5, 5.41) is 3.99. The maximum atomic E-state index is 12.0. The average Bonchev–Trinajstić information content (AvgIpc) is 3.35. The molecule has 1 unspecified atom stereocenters. The maximum Gasteiger partial charge on any atom is 0.305 e. The zero-order valence-electron chi connectivity index (χ0n) is 19.0. The summed E-state index contributed by atoms with van der Waals surface area (Å²) in [4.78, 5) is 12.0. The van der Waals surface area contributed by atoms with E-state index in [1.807, 2.05) is 59.0 Å². The van der Waals surface area contributed by atoms with Crippen molar-refractivity contribution in [3.8, 4) is 5.75 Å². The molecule has 4 nitrogen and oxygen atoms in total. The smallest absolute Gasteiger partial charge is 0.305 e. The quantitative estimate of drug-likeness (QED) is 0.200. The molecule has 1 heterocycles. The number of rotatable bonds is 14. The number of carbonyl (C=O) groups excluding carboxylic acids is 1. The van der Waals surface area contributed by atoms with Crippen LogP contribution in [0.5, 0.6) is 5.75 Å². The first kappa shape index (κ1) is 25.0. The Kier molecular flexibility index (Phi) is 11.3. The third-order valence-electron chi connectivity index (χ3n) is 5.57. The van der Waals surface area contributed by atoms with Gasteiger partial charge in [-0.25, -0.2) is 0 Å². The molecule has 0 bridgehead atoms. The van der Waals surface area contributed by atoms with Crippen molar-refractivity contribution in [2.75, 3.05) is 26.0 Å². The van der Waals surface area contributed by atoms with Gasteiger partial charge in [-0.2, -0.15) is 0 Å². The lowest BCUT2D eigenvalue weighted by Gasteiger charge is -2.20. The molecule has 0 radical (unpaired) electrons. The third kappa shape index (κ3) is 9.08. The molecule has 174 valence electrons. The van der Waals surface area contributed by atoms with Gasteiger partial charge in [0, 0.05) is 30.3 Å². The van der Waals surface area contributed by atoms with Gasteiger partial charge < -0.3 is 14.8 Å². The molecule has 1 aliphatic heterocycles. The first-order valence-electron chi connectivity index (χ1n) is 11.6. The predicted octanol–water partition coefficient (Wildman–Crippen LogP) is 6.22. The second-order valence-electron chi connectivity index (χ2n) is 8.10. The number of ether oxygens (including phenoxy) is 2. The highest BCUT2D eigenvalue weighted by molar-refractivity contribution is 8.77. The molecule has 3 rings (SSSR count). The van der Waals surface area contributed by atoms with Crippen molar-refractivity contribution < 1.29 is 14.3 Å². The zero-order chi connectivity index (χ0) is 22.4. The first-order valence-corrected chi connectivity index (χ1v) is 14.0. The normalized spacial score (nSPS) is 16.6. The minimum Gasteiger partial charge on any atom is -0.486 e. The van der Waals surface area contributed by atoms with Crippen molar-refractivity contribution in [3.05, 3.63) is 65.7 Å². The van der Waals surface area contributed by atoms with E-state index >= 15 is 0 Å². The Bertz CT molecular complexity index is 779. The van der Waals surface area contributed by atoms with Gasteiger partial charge in [-0.3, -0.25) is 4.79 Å². The molecule has 2 aromatic carbocycles. The first-order chi connectivity index (χ1) is 15.7. The van der Waals surface area contributed by atoms with Crippen molar-refractivity contribution in [2.45, 2.75) is 56.3 Å². The lowest BCUT2D eigenvalue weighted by Crippen LogP contribution is -2.16. The Morgan fingerprint density at radius 1 is 1.12 bits per heavy atom. The molecule has 6 heteroatoms. The van der Waals surface area contributed by atoms with Gasteiger partial charge in [-0.15, -0.1) is 0 Å². The van der Waals surface area contributed by atoms with E-state index in [1.54, 1.807) is 0 Å². The Hall–Kier alpha value is -1.63. The average molecular weight is 474 g/mol. The van der Waals surface area contributed by atoms with Gasteiger partial charge >= 0.3 is 5.97 Å². The summed E-state index contributed by atoms with van der Waals surface area (Å²) in [5.41, 5.74) is 2.33. The van der Waals surface area contributed by atoms with Gasteiger partial charge in [-0.05, 0) is 56.1 Å². The van der Waals surface area contributed by atoms with E-state index in [2.05, 4.69) is 29.6 Å². The van der Waals surface area contributed by atoms with Crippen LogP contribution in [0.3, 0.4) is 0 Å². The molecule has 1 saturated heterocycles. The maximum absolute atomic E-state index is 12.0. The summed E-state index contributed by atoms with van der Waals surface area (Å²) in [6.07, 6.45) is 6.76. The van der Waals surface area contributed by atoms with Crippen molar-refractivity contribution in [3.63, 3.8) is 0 Å². The monoisotopic (exact) mass is 473 g/mol. The molecule has 32 heavy (non-hydrogen) atoms. The summed E-state index contributed by atoms with van der Waals surface area (Å²) in [6, 6.07) is 18.5. The Morgan fingerprint density at radius 3 is 2.66 bits per heavy atom. The van der Waals surface area contributed by atoms with E-state index < -0.39 is 0 Å². The molecule has 1 aliphatic rings. The number of esters is 1. The predicted molar refractivity (Wildman–Crippen MR) is 136 cm³/mol. The van der Waals surface area contributed by atoms with Gasteiger partial charge in [0.05, 0.1) is 6.61 Å². The Balaban J connectivity index is 1.35. The number of carbonyl (C=O) groups is 1. The summed E-state index contributed by atoms with van der Waals surface area (Å²) >= 11 is 0. The van der Waals surface area contributed by atoms with Gasteiger partial charge in [0.15, 0.2) is 0 Å². The Labute approximate surface area is 200 Å². The van der Waals surface area contributed by atoms with Crippen LogP contribution in [-0.2, 0) is 16.0 Å². The van der Waals surface area contributed by atoms with Crippen LogP contribution in [0.1, 0.15) is 55.8 Å². The number of unbranched alkanes of at least 4 members (excludes halogenated alkanes) is 1. The van der Waals surface area contributed by atoms with Crippen LogP contribution in [0.4, 0.5) is 0 Å². The second kappa shape index (κ2) is 14.5. The molecule has 2 atom stereocenters. The summed E-state index contributed by atoms with van der Waals surface area (Å²) in [6.45, 7) is 1.32. The van der Waals surface area contributed by atoms with Crippen LogP contribution in [0.2, 0.25) is 0 Å². The minimum atomic E-state index is -0.0753. The van der Waals surface area contributed by atoms with Crippen molar-refractivity contribution in [1.82, 2.24) is 5.32 Å². The molecular weight excluding hydrogens is 438 g/mol. The summed E-state index contributed by atoms with van der Waals surface area (Å²) in [5.74, 6) is 2.05. The van der Waals surface area contributed by atoms with Crippen molar-refractivity contribution in [2.24, 2.45) is 0 Å². The van der Waals surface area contributed by atoms with Crippen LogP contribution in [-0.4, -0.2) is 37.2 Å². The van der Waals surface area contributed by atoms with E-state index in [9.17, 15) is 4.79 Å². The van der Waals surface area contributed by atoms with Crippen molar-refractivity contribution >= 4 is 27.6 Å². The second-order valence-corrected chi connectivity index (χ2v) is 10.9. The number of benzene rings is 2. The minimum absolute atomic E-state index is 0.0153. The Morgan fingerprint density at radius 2 is 1.94 bits per heavy atom. The molecule has 2 aromatic rings. The summed E-state index contributed by atoms with van der Waals surface area (Å²) < 4.78 is 11.7. The van der Waals surface area contributed by atoms with E-state index in [1.165, 1.54) is 24.2 Å². The van der Waals surface area contributed by atoms with Crippen LogP contribution in [0.25, 0.3) is 0 Å². The van der Waals surface area contributed by atoms with Gasteiger partial charge in [0.1, 0.15) is 11.9 Å². The van der Waals surface area contributed by atoms with E-state index in [0.29, 0.717) is 13.0 Å². The lowest BCUT2D eigenvalue weighted by atomic mass is 10.1. The highest BCUT2D eigenvalue weighted by atomic mass is 33.1. The van der Waals surface area contributed by atoms with Gasteiger partial charge in [0.2, 0.25) is 0 Å². The molecular formula is C26H35NO3S2. The fraction of sp³-hybridized carbons (Fsp3) is 0.500. The van der Waals surface area contributed by atoms with Gasteiger partial charge in [0.25, 0.3) is 0 Å². The summed E-state index contributed by atoms with van der Waals surface area (Å²) in [7, 11) is 5.94.